The molecule has 53 heavy (non-hydrogen) atoms. The molecule has 0 aromatic heterocycles. The molecule has 0 saturated heterocycles. The highest BCUT2D eigenvalue weighted by molar-refractivity contribution is 6.27. The first-order valence-electron chi connectivity index (χ1n) is 18.7. The van der Waals surface area contributed by atoms with E-state index in [1.54, 1.807) is 0 Å². The summed E-state index contributed by atoms with van der Waals surface area (Å²) in [5, 5.41) is 10.5. The van der Waals surface area contributed by atoms with Gasteiger partial charge in [-0.05, 0) is 122 Å². The predicted octanol–water partition coefficient (Wildman–Crippen LogP) is 14.7. The van der Waals surface area contributed by atoms with Crippen molar-refractivity contribution < 1.29 is 0 Å². The molecule has 0 heteroatoms. The van der Waals surface area contributed by atoms with Crippen LogP contribution in [-0.4, -0.2) is 0 Å². The minimum Gasteiger partial charge on any atom is -0.0622 e. The molecule has 10 aromatic carbocycles. The largest absolute Gasteiger partial charge is 0.0622 e. The second-order valence-electron chi connectivity index (χ2n) is 15.2. The highest BCUT2D eigenvalue weighted by Gasteiger charge is 2.36. The van der Waals surface area contributed by atoms with E-state index in [1.807, 2.05) is 0 Å². The quantitative estimate of drug-likeness (QED) is 0.163. The lowest BCUT2D eigenvalue weighted by molar-refractivity contribution is 0.666. The van der Waals surface area contributed by atoms with E-state index >= 15 is 0 Å². The molecule has 0 heterocycles. The van der Waals surface area contributed by atoms with Crippen molar-refractivity contribution in [1.29, 1.82) is 0 Å². The summed E-state index contributed by atoms with van der Waals surface area (Å²) >= 11 is 0. The van der Waals surface area contributed by atoms with Crippen molar-refractivity contribution in [3.05, 3.63) is 193 Å². The van der Waals surface area contributed by atoms with Crippen molar-refractivity contribution >= 4 is 43.1 Å². The van der Waals surface area contributed by atoms with Gasteiger partial charge in [-0.2, -0.15) is 0 Å². The van der Waals surface area contributed by atoms with Gasteiger partial charge in [0.2, 0.25) is 0 Å². The number of hydrogen-bond donors (Lipinski definition) is 0. The van der Waals surface area contributed by atoms with Crippen molar-refractivity contribution in [2.24, 2.45) is 0 Å². The summed E-state index contributed by atoms with van der Waals surface area (Å²) in [5.41, 5.74) is 15.5. The fraction of sp³-hybridized carbons (Fsp3) is 0.0566. The van der Waals surface area contributed by atoms with Gasteiger partial charge in [0.15, 0.2) is 0 Å². The number of hydrogen-bond acceptors (Lipinski definition) is 0. The SMILES string of the molecule is CC1(C)c2ccccc2-c2ccc3cc(-c4ccc(-c5ccc6ccc7c(-c8ccccc8)ccc8ccc5c6c87)cc4-c4ccccc4)ccc3c21. The Labute approximate surface area is 310 Å². The molecule has 1 aliphatic rings. The topological polar surface area (TPSA) is 0 Å². The molecule has 248 valence electrons. The van der Waals surface area contributed by atoms with Gasteiger partial charge in [-0.25, -0.2) is 0 Å². The minimum absolute atomic E-state index is 0.0480. The fourth-order valence-electron chi connectivity index (χ4n) is 9.54. The van der Waals surface area contributed by atoms with E-state index in [-0.39, 0.29) is 5.41 Å². The van der Waals surface area contributed by atoms with Crippen LogP contribution in [0.15, 0.2) is 182 Å². The summed E-state index contributed by atoms with van der Waals surface area (Å²) in [7, 11) is 0. The molecule has 0 nitrogen and oxygen atoms in total. The van der Waals surface area contributed by atoms with E-state index in [1.165, 1.54) is 110 Å². The fourth-order valence-corrected chi connectivity index (χ4v) is 9.54. The number of benzene rings is 10. The molecule has 0 N–H and O–H groups in total. The zero-order valence-corrected chi connectivity index (χ0v) is 29.8. The van der Waals surface area contributed by atoms with Crippen molar-refractivity contribution in [3.8, 4) is 55.6 Å². The van der Waals surface area contributed by atoms with Crippen LogP contribution in [0.2, 0.25) is 0 Å². The Hall–Kier alpha value is -6.50. The summed E-state index contributed by atoms with van der Waals surface area (Å²) in [6, 6.07) is 67.9. The Kier molecular flexibility index (Phi) is 6.40. The van der Waals surface area contributed by atoms with Gasteiger partial charge >= 0.3 is 0 Å². The Balaban J connectivity index is 1.09. The van der Waals surface area contributed by atoms with Crippen LogP contribution in [0.25, 0.3) is 98.7 Å². The maximum Gasteiger partial charge on any atom is 0.0165 e. The monoisotopic (exact) mass is 672 g/mol. The van der Waals surface area contributed by atoms with Crippen LogP contribution in [0.3, 0.4) is 0 Å². The molecular weight excluding hydrogens is 637 g/mol. The van der Waals surface area contributed by atoms with E-state index in [2.05, 4.69) is 196 Å². The Morgan fingerprint density at radius 1 is 0.302 bits per heavy atom. The van der Waals surface area contributed by atoms with E-state index in [9.17, 15) is 0 Å². The van der Waals surface area contributed by atoms with Crippen molar-refractivity contribution in [3.63, 3.8) is 0 Å². The lowest BCUT2D eigenvalue weighted by atomic mass is 9.80. The van der Waals surface area contributed by atoms with Crippen LogP contribution in [0.5, 0.6) is 0 Å². The molecule has 0 radical (unpaired) electrons. The molecule has 0 amide bonds. The molecule has 11 rings (SSSR count). The van der Waals surface area contributed by atoms with E-state index < -0.39 is 0 Å². The molecular formula is C53H36. The van der Waals surface area contributed by atoms with Crippen molar-refractivity contribution in [1.82, 2.24) is 0 Å². The summed E-state index contributed by atoms with van der Waals surface area (Å²) < 4.78 is 0. The molecule has 0 fully saturated rings. The maximum atomic E-state index is 2.42. The van der Waals surface area contributed by atoms with Gasteiger partial charge in [-0.3, -0.25) is 0 Å². The first kappa shape index (κ1) is 30.2. The van der Waals surface area contributed by atoms with E-state index in [0.717, 1.165) is 0 Å². The lowest BCUT2D eigenvalue weighted by Crippen LogP contribution is -2.15. The van der Waals surface area contributed by atoms with Gasteiger partial charge in [0.05, 0.1) is 0 Å². The van der Waals surface area contributed by atoms with Crippen LogP contribution in [-0.2, 0) is 5.41 Å². The van der Waals surface area contributed by atoms with Crippen LogP contribution >= 0.6 is 0 Å². The molecule has 0 spiro atoms. The van der Waals surface area contributed by atoms with Crippen molar-refractivity contribution in [2.75, 3.05) is 0 Å². The zero-order chi connectivity index (χ0) is 35.3. The average molecular weight is 673 g/mol. The summed E-state index contributed by atoms with van der Waals surface area (Å²) in [6.07, 6.45) is 0. The molecule has 0 aliphatic heterocycles. The molecule has 0 atom stereocenters. The van der Waals surface area contributed by atoms with Gasteiger partial charge in [0.1, 0.15) is 0 Å². The number of fused-ring (bicyclic) bond motifs is 5. The first-order chi connectivity index (χ1) is 26.0. The third-order valence-corrected chi connectivity index (χ3v) is 12.0. The highest BCUT2D eigenvalue weighted by atomic mass is 14.4. The van der Waals surface area contributed by atoms with Crippen LogP contribution in [0, 0.1) is 0 Å². The molecule has 0 bridgehead atoms. The summed E-state index contributed by atoms with van der Waals surface area (Å²) in [4.78, 5) is 0. The van der Waals surface area contributed by atoms with Gasteiger partial charge in [-0.15, -0.1) is 0 Å². The predicted molar refractivity (Wildman–Crippen MR) is 227 cm³/mol. The molecule has 10 aromatic rings. The van der Waals surface area contributed by atoms with Gasteiger partial charge < -0.3 is 0 Å². The third-order valence-electron chi connectivity index (χ3n) is 12.0. The second-order valence-corrected chi connectivity index (χ2v) is 15.2. The molecule has 0 unspecified atom stereocenters. The van der Waals surface area contributed by atoms with Crippen LogP contribution in [0.1, 0.15) is 25.0 Å². The van der Waals surface area contributed by atoms with Crippen LogP contribution < -0.4 is 0 Å². The van der Waals surface area contributed by atoms with Gasteiger partial charge in [0, 0.05) is 5.41 Å². The standard InChI is InChI=1S/C53H36/c1-53(2)49-16-10-9-15-44(49)47-30-23-38-31-37(22-27-43(38)52(47)53)42-26-21-39(32-48(42)34-13-7-4-8-14-34)41-25-18-36-19-28-45-40(33-11-5-3-6-12-33)24-17-35-20-29-46(41)51(36)50(35)45/h3-32H,1-2H3. The van der Waals surface area contributed by atoms with E-state index in [0.29, 0.717) is 0 Å². The van der Waals surface area contributed by atoms with Crippen molar-refractivity contribution in [2.45, 2.75) is 19.3 Å². The van der Waals surface area contributed by atoms with Crippen LogP contribution in [0.4, 0.5) is 0 Å². The summed E-state index contributed by atoms with van der Waals surface area (Å²) in [6.45, 7) is 4.75. The number of rotatable bonds is 4. The first-order valence-corrected chi connectivity index (χ1v) is 18.7. The molecule has 0 saturated carbocycles. The van der Waals surface area contributed by atoms with Gasteiger partial charge in [-0.1, -0.05) is 184 Å². The van der Waals surface area contributed by atoms with Gasteiger partial charge in [0.25, 0.3) is 0 Å². The minimum atomic E-state index is -0.0480. The zero-order valence-electron chi connectivity index (χ0n) is 29.8. The highest BCUT2D eigenvalue weighted by Crippen LogP contribution is 2.52. The maximum absolute atomic E-state index is 2.42. The molecule has 1 aliphatic carbocycles. The Bertz CT molecular complexity index is 3060. The Morgan fingerprint density at radius 3 is 1.49 bits per heavy atom. The van der Waals surface area contributed by atoms with E-state index in [4.69, 9.17) is 0 Å². The summed E-state index contributed by atoms with van der Waals surface area (Å²) in [5.74, 6) is 0. The smallest absolute Gasteiger partial charge is 0.0165 e. The average Bonchev–Trinajstić information content (AvgIpc) is 3.46. The second kappa shape index (κ2) is 11.2. The normalized spacial score (nSPS) is 13.2. The third kappa shape index (κ3) is 4.42. The lowest BCUT2D eigenvalue weighted by Gasteiger charge is -2.23. The Morgan fingerprint density at radius 2 is 0.792 bits per heavy atom.